The molecule has 1 aromatic heterocycles. The predicted octanol–water partition coefficient (Wildman–Crippen LogP) is 2.60. The number of aryl methyl sites for hydroxylation is 2. The molecule has 1 aliphatic heterocycles. The van der Waals surface area contributed by atoms with Crippen LogP contribution in [0.4, 0.5) is 11.5 Å². The summed E-state index contributed by atoms with van der Waals surface area (Å²) in [7, 11) is 3.18. The number of carbonyl (C=O) groups excluding carboxylic acids is 1. The van der Waals surface area contributed by atoms with Crippen molar-refractivity contribution >= 4 is 17.4 Å². The molecule has 1 aliphatic rings. The number of methoxy groups -OCH3 is 2. The number of aromatic nitrogens is 1. The first-order valence-electron chi connectivity index (χ1n) is 9.77. The van der Waals surface area contributed by atoms with Gasteiger partial charge >= 0.3 is 0 Å². The first-order chi connectivity index (χ1) is 14.4. The molecule has 9 heteroatoms. The van der Waals surface area contributed by atoms with Gasteiger partial charge in [-0.05, 0) is 36.6 Å². The van der Waals surface area contributed by atoms with E-state index < -0.39 is 4.92 Å². The lowest BCUT2D eigenvalue weighted by atomic mass is 10.1. The SMILES string of the molecule is COc1ccc(CCC(=O)N2CCN(c3ncc([N+](=O)[O-])cc3C)CC2)cc1OC. The second-order valence-corrected chi connectivity index (χ2v) is 7.15. The minimum absolute atomic E-state index is 0.0137. The second kappa shape index (κ2) is 9.43. The third-order valence-corrected chi connectivity index (χ3v) is 5.25. The van der Waals surface area contributed by atoms with Crippen molar-refractivity contribution in [2.24, 2.45) is 0 Å². The van der Waals surface area contributed by atoms with Crippen molar-refractivity contribution in [3.63, 3.8) is 0 Å². The molecule has 0 saturated carbocycles. The quantitative estimate of drug-likeness (QED) is 0.507. The average Bonchev–Trinajstić information content (AvgIpc) is 2.77. The van der Waals surface area contributed by atoms with Crippen LogP contribution in [-0.4, -0.2) is 61.1 Å². The molecule has 1 saturated heterocycles. The standard InChI is InChI=1S/C21H26N4O5/c1-15-12-17(25(27)28)14-22-21(15)24-10-8-23(9-11-24)20(26)7-5-16-4-6-18(29-2)19(13-16)30-3/h4,6,12-14H,5,7-11H2,1-3H3. The number of pyridine rings is 1. The van der Waals surface area contributed by atoms with E-state index in [4.69, 9.17) is 9.47 Å². The summed E-state index contributed by atoms with van der Waals surface area (Å²) in [5.41, 5.74) is 1.77. The first-order valence-corrected chi connectivity index (χ1v) is 9.77. The Kier molecular flexibility index (Phi) is 6.71. The molecular weight excluding hydrogens is 388 g/mol. The fourth-order valence-corrected chi connectivity index (χ4v) is 3.60. The Morgan fingerprint density at radius 3 is 2.43 bits per heavy atom. The minimum atomic E-state index is -0.446. The van der Waals surface area contributed by atoms with E-state index in [1.807, 2.05) is 30.0 Å². The molecule has 2 aromatic rings. The van der Waals surface area contributed by atoms with Gasteiger partial charge in [-0.2, -0.15) is 0 Å². The highest BCUT2D eigenvalue weighted by atomic mass is 16.6. The normalized spacial score (nSPS) is 13.8. The molecule has 0 atom stereocenters. The van der Waals surface area contributed by atoms with Crippen molar-refractivity contribution in [1.82, 2.24) is 9.88 Å². The van der Waals surface area contributed by atoms with Crippen LogP contribution in [0.25, 0.3) is 0 Å². The molecule has 1 fully saturated rings. The molecular formula is C21H26N4O5. The second-order valence-electron chi connectivity index (χ2n) is 7.15. The lowest BCUT2D eigenvalue weighted by Gasteiger charge is -2.36. The van der Waals surface area contributed by atoms with Gasteiger partial charge in [0, 0.05) is 38.7 Å². The molecule has 160 valence electrons. The van der Waals surface area contributed by atoms with Gasteiger partial charge in [0.25, 0.3) is 5.69 Å². The number of rotatable bonds is 7. The topological polar surface area (TPSA) is 98.0 Å². The molecule has 0 radical (unpaired) electrons. The number of amides is 1. The summed E-state index contributed by atoms with van der Waals surface area (Å²) in [5, 5.41) is 10.9. The van der Waals surface area contributed by atoms with E-state index in [0.29, 0.717) is 50.5 Å². The van der Waals surface area contributed by atoms with E-state index in [2.05, 4.69) is 9.88 Å². The lowest BCUT2D eigenvalue weighted by Crippen LogP contribution is -2.49. The smallest absolute Gasteiger partial charge is 0.287 e. The number of nitrogens with zero attached hydrogens (tertiary/aromatic N) is 4. The van der Waals surface area contributed by atoms with Crippen LogP contribution >= 0.6 is 0 Å². The zero-order valence-electron chi connectivity index (χ0n) is 17.5. The van der Waals surface area contributed by atoms with E-state index in [1.54, 1.807) is 14.2 Å². The predicted molar refractivity (Wildman–Crippen MR) is 112 cm³/mol. The van der Waals surface area contributed by atoms with Crippen molar-refractivity contribution in [1.29, 1.82) is 0 Å². The Morgan fingerprint density at radius 1 is 1.13 bits per heavy atom. The van der Waals surface area contributed by atoms with Gasteiger partial charge in [-0.15, -0.1) is 0 Å². The fraction of sp³-hybridized carbons (Fsp3) is 0.429. The van der Waals surface area contributed by atoms with Crippen LogP contribution in [-0.2, 0) is 11.2 Å². The summed E-state index contributed by atoms with van der Waals surface area (Å²) < 4.78 is 10.6. The summed E-state index contributed by atoms with van der Waals surface area (Å²) in [5.74, 6) is 2.16. The first kappa shape index (κ1) is 21.4. The summed E-state index contributed by atoms with van der Waals surface area (Å²) in [6, 6.07) is 7.21. The molecule has 3 rings (SSSR count). The van der Waals surface area contributed by atoms with Gasteiger partial charge in [-0.1, -0.05) is 6.07 Å². The molecule has 9 nitrogen and oxygen atoms in total. The van der Waals surface area contributed by atoms with Crippen LogP contribution in [0.15, 0.2) is 30.5 Å². The Labute approximate surface area is 175 Å². The highest BCUT2D eigenvalue weighted by Crippen LogP contribution is 2.28. The van der Waals surface area contributed by atoms with Gasteiger partial charge in [0.05, 0.1) is 19.1 Å². The summed E-state index contributed by atoms with van der Waals surface area (Å²) in [6.45, 7) is 4.31. The van der Waals surface area contributed by atoms with Crippen molar-refractivity contribution in [3.8, 4) is 11.5 Å². The highest BCUT2D eigenvalue weighted by molar-refractivity contribution is 5.77. The van der Waals surface area contributed by atoms with Crippen LogP contribution in [0.5, 0.6) is 11.5 Å². The van der Waals surface area contributed by atoms with Crippen LogP contribution < -0.4 is 14.4 Å². The summed E-state index contributed by atoms with van der Waals surface area (Å²) >= 11 is 0. The maximum atomic E-state index is 12.6. The maximum Gasteiger partial charge on any atom is 0.287 e. The molecule has 30 heavy (non-hydrogen) atoms. The maximum absolute atomic E-state index is 12.6. The minimum Gasteiger partial charge on any atom is -0.493 e. The molecule has 0 spiro atoms. The number of benzene rings is 1. The van der Waals surface area contributed by atoms with Crippen molar-refractivity contribution in [2.75, 3.05) is 45.3 Å². The van der Waals surface area contributed by atoms with Crippen LogP contribution in [0.2, 0.25) is 0 Å². The number of nitro groups is 1. The number of piperazine rings is 1. The van der Waals surface area contributed by atoms with Gasteiger partial charge in [-0.25, -0.2) is 4.98 Å². The van der Waals surface area contributed by atoms with Gasteiger partial charge < -0.3 is 19.3 Å². The molecule has 2 heterocycles. The molecule has 0 bridgehead atoms. The highest BCUT2D eigenvalue weighted by Gasteiger charge is 2.23. The Balaban J connectivity index is 1.54. The van der Waals surface area contributed by atoms with Gasteiger partial charge in [0.15, 0.2) is 11.5 Å². The molecule has 0 aliphatic carbocycles. The van der Waals surface area contributed by atoms with E-state index in [0.717, 1.165) is 16.9 Å². The third kappa shape index (κ3) is 4.79. The molecule has 1 aromatic carbocycles. The van der Waals surface area contributed by atoms with Gasteiger partial charge in [0.1, 0.15) is 12.0 Å². The van der Waals surface area contributed by atoms with E-state index in [9.17, 15) is 14.9 Å². The van der Waals surface area contributed by atoms with Crippen LogP contribution in [0.3, 0.4) is 0 Å². The van der Waals surface area contributed by atoms with E-state index in [-0.39, 0.29) is 11.6 Å². The Hall–Kier alpha value is -3.36. The number of anilines is 1. The largest absolute Gasteiger partial charge is 0.493 e. The molecule has 0 unspecified atom stereocenters. The van der Waals surface area contributed by atoms with Crippen molar-refractivity contribution in [2.45, 2.75) is 19.8 Å². The van der Waals surface area contributed by atoms with Crippen LogP contribution in [0, 0.1) is 17.0 Å². The Morgan fingerprint density at radius 2 is 1.83 bits per heavy atom. The monoisotopic (exact) mass is 414 g/mol. The van der Waals surface area contributed by atoms with Gasteiger partial charge in [-0.3, -0.25) is 14.9 Å². The summed E-state index contributed by atoms with van der Waals surface area (Å²) in [6.07, 6.45) is 2.33. The number of hydrogen-bond donors (Lipinski definition) is 0. The molecule has 1 amide bonds. The number of ether oxygens (including phenoxy) is 2. The number of carbonyl (C=O) groups is 1. The van der Waals surface area contributed by atoms with E-state index in [1.165, 1.54) is 12.3 Å². The third-order valence-electron chi connectivity index (χ3n) is 5.25. The number of hydrogen-bond acceptors (Lipinski definition) is 7. The van der Waals surface area contributed by atoms with Crippen molar-refractivity contribution in [3.05, 3.63) is 51.7 Å². The van der Waals surface area contributed by atoms with Gasteiger partial charge in [0.2, 0.25) is 5.91 Å². The lowest BCUT2D eigenvalue weighted by molar-refractivity contribution is -0.385. The summed E-state index contributed by atoms with van der Waals surface area (Å²) in [4.78, 5) is 31.3. The molecule has 0 N–H and O–H groups in total. The van der Waals surface area contributed by atoms with Crippen LogP contribution in [0.1, 0.15) is 17.5 Å². The fourth-order valence-electron chi connectivity index (χ4n) is 3.60. The zero-order chi connectivity index (χ0) is 21.7. The van der Waals surface area contributed by atoms with E-state index >= 15 is 0 Å². The van der Waals surface area contributed by atoms with Crippen molar-refractivity contribution < 1.29 is 19.2 Å². The average molecular weight is 414 g/mol. The zero-order valence-corrected chi connectivity index (χ0v) is 17.5. The Bertz CT molecular complexity index is 926.